The second-order valence-corrected chi connectivity index (χ2v) is 6.49. The van der Waals surface area contributed by atoms with Crippen LogP contribution < -0.4 is 5.73 Å². The summed E-state index contributed by atoms with van der Waals surface area (Å²) in [5, 5.41) is 0.0362. The molecule has 1 unspecified atom stereocenters. The van der Waals surface area contributed by atoms with Gasteiger partial charge < -0.3 is 10.5 Å². The van der Waals surface area contributed by atoms with E-state index in [0.717, 1.165) is 0 Å². The van der Waals surface area contributed by atoms with Crippen LogP contribution in [0.15, 0.2) is 40.2 Å². The van der Waals surface area contributed by atoms with Crippen LogP contribution in [0.4, 0.5) is 4.39 Å². The number of hydrogen-bond donors (Lipinski definition) is 1. The van der Waals surface area contributed by atoms with E-state index in [9.17, 15) is 4.39 Å². The van der Waals surface area contributed by atoms with Crippen molar-refractivity contribution < 1.29 is 9.13 Å². The molecule has 0 bridgehead atoms. The van der Waals surface area contributed by atoms with Gasteiger partial charge in [-0.05, 0) is 39.3 Å². The Balaban J connectivity index is 4.76. The van der Waals surface area contributed by atoms with Crippen molar-refractivity contribution in [1.82, 2.24) is 0 Å². The van der Waals surface area contributed by atoms with Gasteiger partial charge in [-0.2, -0.15) is 0 Å². The lowest BCUT2D eigenvalue weighted by Gasteiger charge is -2.23. The van der Waals surface area contributed by atoms with Gasteiger partial charge in [0.1, 0.15) is 11.4 Å². The summed E-state index contributed by atoms with van der Waals surface area (Å²) in [6.07, 6.45) is 3.36. The highest BCUT2D eigenvalue weighted by molar-refractivity contribution is 6.31. The summed E-state index contributed by atoms with van der Waals surface area (Å²) in [7, 11) is 0. The number of alkyl halides is 1. The zero-order chi connectivity index (χ0) is 16.6. The number of aliphatic imine (C=N–C) groups is 1. The summed E-state index contributed by atoms with van der Waals surface area (Å²) < 4.78 is 18.5. The third-order valence-electron chi connectivity index (χ3n) is 2.05. The first-order valence-corrected chi connectivity index (χ1v) is 7.32. The Morgan fingerprint density at radius 1 is 1.43 bits per heavy atom. The van der Waals surface area contributed by atoms with E-state index in [4.69, 9.17) is 33.7 Å². The molecule has 0 saturated heterocycles. The molecule has 0 amide bonds. The fourth-order valence-corrected chi connectivity index (χ4v) is 1.40. The van der Waals surface area contributed by atoms with E-state index in [1.807, 2.05) is 20.8 Å². The van der Waals surface area contributed by atoms with Crippen LogP contribution in [0.5, 0.6) is 0 Å². The van der Waals surface area contributed by atoms with Gasteiger partial charge >= 0.3 is 0 Å². The monoisotopic (exact) mass is 336 g/mol. The van der Waals surface area contributed by atoms with E-state index in [2.05, 4.69) is 11.6 Å². The number of hydrogen-bond acceptors (Lipinski definition) is 3. The van der Waals surface area contributed by atoms with E-state index >= 15 is 0 Å². The molecule has 3 nitrogen and oxygen atoms in total. The predicted molar refractivity (Wildman–Crippen MR) is 89.5 cm³/mol. The maximum absolute atomic E-state index is 12.8. The number of ether oxygens (including phenoxy) is 1. The molecule has 2 N–H and O–H groups in total. The Kier molecular flexibility index (Phi) is 8.86. The largest absolute Gasteiger partial charge is 0.475 e. The van der Waals surface area contributed by atoms with Crippen LogP contribution in [0.25, 0.3) is 0 Å². The third kappa shape index (κ3) is 11.5. The maximum Gasteiger partial charge on any atom is 0.186 e. The molecule has 0 spiro atoms. The molecule has 120 valence electrons. The van der Waals surface area contributed by atoms with Crippen molar-refractivity contribution in [2.75, 3.05) is 6.54 Å². The normalized spacial score (nSPS) is 15.9. The molecular weight excluding hydrogens is 314 g/mol. The molecule has 0 heterocycles. The Morgan fingerprint density at radius 3 is 2.43 bits per heavy atom. The average molecular weight is 337 g/mol. The smallest absolute Gasteiger partial charge is 0.186 e. The van der Waals surface area contributed by atoms with Gasteiger partial charge in [0.05, 0.1) is 23.5 Å². The number of rotatable bonds is 6. The van der Waals surface area contributed by atoms with Crippen LogP contribution in [-0.4, -0.2) is 23.5 Å². The van der Waals surface area contributed by atoms with Crippen molar-refractivity contribution in [3.63, 3.8) is 0 Å². The van der Waals surface area contributed by atoms with Crippen LogP contribution in [0.1, 0.15) is 34.1 Å². The lowest BCUT2D eigenvalue weighted by atomic mass is 10.2. The van der Waals surface area contributed by atoms with Crippen LogP contribution in [0, 0.1) is 0 Å². The molecule has 0 aliphatic rings. The van der Waals surface area contributed by atoms with Gasteiger partial charge in [0.15, 0.2) is 5.90 Å². The van der Waals surface area contributed by atoms with Crippen molar-refractivity contribution in [1.29, 1.82) is 0 Å². The quantitative estimate of drug-likeness (QED) is 0.252. The van der Waals surface area contributed by atoms with Crippen molar-refractivity contribution in [2.45, 2.75) is 45.2 Å². The molecule has 6 heteroatoms. The van der Waals surface area contributed by atoms with Crippen LogP contribution in [-0.2, 0) is 4.74 Å². The van der Waals surface area contributed by atoms with Crippen LogP contribution in [0.2, 0.25) is 0 Å². The highest BCUT2D eigenvalue weighted by Gasteiger charge is 2.16. The number of nitrogens with zero attached hydrogens (tertiary/aromatic N) is 1. The van der Waals surface area contributed by atoms with E-state index < -0.39 is 11.3 Å². The zero-order valence-electron chi connectivity index (χ0n) is 12.9. The topological polar surface area (TPSA) is 47.6 Å². The van der Waals surface area contributed by atoms with E-state index in [-0.39, 0.29) is 10.6 Å². The minimum absolute atomic E-state index is 0.0362. The van der Waals surface area contributed by atoms with Gasteiger partial charge in [0, 0.05) is 0 Å². The summed E-state index contributed by atoms with van der Waals surface area (Å²) in [6.45, 7) is 11.1. The molecule has 0 saturated carbocycles. The number of nitrogens with two attached hydrogens (primary N) is 1. The first kappa shape index (κ1) is 20.2. The first-order valence-electron chi connectivity index (χ1n) is 6.51. The molecule has 0 aromatic carbocycles. The third-order valence-corrected chi connectivity index (χ3v) is 2.59. The Hall–Kier alpha value is -0.840. The zero-order valence-corrected chi connectivity index (χ0v) is 14.4. The average Bonchev–Trinajstić information content (AvgIpc) is 2.30. The van der Waals surface area contributed by atoms with Crippen molar-refractivity contribution >= 4 is 29.1 Å². The fourth-order valence-electron chi connectivity index (χ4n) is 1.21. The molecule has 21 heavy (non-hydrogen) atoms. The van der Waals surface area contributed by atoms with Crippen molar-refractivity contribution in [3.05, 3.63) is 35.2 Å². The molecule has 0 aliphatic heterocycles. The molecule has 0 fully saturated rings. The molecular formula is C15H23Cl2FN2O. The van der Waals surface area contributed by atoms with E-state index in [1.54, 1.807) is 6.08 Å². The Morgan fingerprint density at radius 2 is 2.00 bits per heavy atom. The molecule has 0 radical (unpaired) electrons. The molecule has 0 aromatic rings. The molecule has 0 aliphatic carbocycles. The second-order valence-electron chi connectivity index (χ2n) is 5.52. The molecule has 0 rings (SSSR count). The maximum atomic E-state index is 12.8. The van der Waals surface area contributed by atoms with Gasteiger partial charge in [-0.1, -0.05) is 24.3 Å². The second kappa shape index (κ2) is 9.23. The lowest BCUT2D eigenvalue weighted by molar-refractivity contribution is 0.111. The highest BCUT2D eigenvalue weighted by Crippen LogP contribution is 2.14. The lowest BCUT2D eigenvalue weighted by Crippen LogP contribution is -2.28. The van der Waals surface area contributed by atoms with Crippen LogP contribution >= 0.6 is 23.2 Å². The number of halogens is 3. The van der Waals surface area contributed by atoms with Gasteiger partial charge in [0.2, 0.25) is 0 Å². The SMILES string of the molecule is C=C(/C=C\C(Cl)=C(/C)F)CN=C(CC(N)Cl)OC(C)(C)C. The minimum atomic E-state index is -0.568. The van der Waals surface area contributed by atoms with Crippen molar-refractivity contribution in [3.8, 4) is 0 Å². The highest BCUT2D eigenvalue weighted by atomic mass is 35.5. The van der Waals surface area contributed by atoms with E-state index in [0.29, 0.717) is 24.4 Å². The molecule has 0 aromatic heterocycles. The fraction of sp³-hybridized carbons (Fsp3) is 0.533. The van der Waals surface area contributed by atoms with Crippen molar-refractivity contribution in [2.24, 2.45) is 10.7 Å². The van der Waals surface area contributed by atoms with E-state index in [1.165, 1.54) is 13.0 Å². The summed E-state index contributed by atoms with van der Waals surface area (Å²) in [4.78, 5) is 4.30. The standard InChI is InChI=1S/C15H23Cl2FN2O/c1-10(6-7-12(16)11(2)18)9-20-14(8-13(17)19)21-15(3,4)5/h6-7,13H,1,8-9,19H2,2-5H3/b7-6-,12-11-,20-14?. The molecule has 1 atom stereocenters. The van der Waals surface area contributed by atoms with Crippen LogP contribution in [0.3, 0.4) is 0 Å². The first-order chi connectivity index (χ1) is 9.51. The summed E-state index contributed by atoms with van der Waals surface area (Å²) >= 11 is 11.4. The minimum Gasteiger partial charge on any atom is -0.475 e. The predicted octanol–water partition coefficient (Wildman–Crippen LogP) is 4.67. The Labute approximate surface area is 136 Å². The van der Waals surface area contributed by atoms with Gasteiger partial charge in [-0.3, -0.25) is 4.99 Å². The summed E-state index contributed by atoms with van der Waals surface area (Å²) in [6, 6.07) is 0. The van der Waals surface area contributed by atoms with Gasteiger partial charge in [0.25, 0.3) is 0 Å². The Bertz CT molecular complexity index is 445. The summed E-state index contributed by atoms with van der Waals surface area (Å²) in [5.41, 5.74) is 5.26. The van der Waals surface area contributed by atoms with Gasteiger partial charge in [-0.15, -0.1) is 11.6 Å². The summed E-state index contributed by atoms with van der Waals surface area (Å²) in [5.74, 6) is 0.0111. The number of allylic oxidation sites excluding steroid dienone is 3. The van der Waals surface area contributed by atoms with Gasteiger partial charge in [-0.25, -0.2) is 4.39 Å².